The van der Waals surface area contributed by atoms with Gasteiger partial charge in [-0.25, -0.2) is 13.9 Å². The molecule has 164 valence electrons. The van der Waals surface area contributed by atoms with Crippen molar-refractivity contribution in [1.82, 2.24) is 24.9 Å². The third-order valence-corrected chi connectivity index (χ3v) is 5.16. The number of pyridine rings is 1. The monoisotopic (exact) mass is 428 g/mol. The molecule has 1 aliphatic heterocycles. The number of aromatic nitrogens is 4. The number of amides is 1. The van der Waals surface area contributed by atoms with Crippen molar-refractivity contribution in [3.8, 4) is 17.1 Å². The fourth-order valence-corrected chi connectivity index (χ4v) is 3.10. The van der Waals surface area contributed by atoms with Gasteiger partial charge in [-0.15, -0.1) is 0 Å². The van der Waals surface area contributed by atoms with Gasteiger partial charge in [0.1, 0.15) is 17.6 Å². The Balaban J connectivity index is 1.64. The second kappa shape index (κ2) is 8.84. The summed E-state index contributed by atoms with van der Waals surface area (Å²) in [6, 6.07) is 3.64. The predicted molar refractivity (Wildman–Crippen MR) is 113 cm³/mol. The highest BCUT2D eigenvalue weighted by atomic mass is 19.1. The molecule has 10 heteroatoms. The van der Waals surface area contributed by atoms with E-state index in [9.17, 15) is 9.18 Å². The van der Waals surface area contributed by atoms with E-state index >= 15 is 0 Å². The molecule has 1 saturated heterocycles. The lowest BCUT2D eigenvalue weighted by Crippen LogP contribution is -2.41. The maximum absolute atomic E-state index is 13.9. The number of hydrogen-bond acceptors (Lipinski definition) is 7. The molecule has 3 aromatic rings. The molecular weight excluding hydrogens is 403 g/mol. The Morgan fingerprint density at radius 3 is 2.77 bits per heavy atom. The van der Waals surface area contributed by atoms with Gasteiger partial charge in [0.05, 0.1) is 55.7 Å². The first-order chi connectivity index (χ1) is 15.0. The Morgan fingerprint density at radius 2 is 2.10 bits per heavy atom. The average molecular weight is 428 g/mol. The number of nitrogens with one attached hydrogen (secondary N) is 2. The van der Waals surface area contributed by atoms with Gasteiger partial charge in [-0.1, -0.05) is 13.8 Å². The Hall–Kier alpha value is -3.27. The van der Waals surface area contributed by atoms with Gasteiger partial charge >= 0.3 is 0 Å². The Labute approximate surface area is 179 Å². The molecule has 1 fully saturated rings. The number of halogens is 1. The molecule has 1 unspecified atom stereocenters. The van der Waals surface area contributed by atoms with Crippen LogP contribution in [0.5, 0.6) is 5.75 Å². The number of methoxy groups -OCH3 is 1. The number of rotatable bonds is 8. The van der Waals surface area contributed by atoms with Crippen LogP contribution in [-0.4, -0.2) is 64.6 Å². The zero-order valence-corrected chi connectivity index (χ0v) is 17.6. The molecule has 1 amide bonds. The van der Waals surface area contributed by atoms with E-state index < -0.39 is 6.17 Å². The second-order valence-corrected chi connectivity index (χ2v) is 7.77. The van der Waals surface area contributed by atoms with Crippen molar-refractivity contribution in [3.63, 3.8) is 0 Å². The Bertz CT molecular complexity index is 1080. The van der Waals surface area contributed by atoms with Crippen LogP contribution in [0.2, 0.25) is 0 Å². The molecule has 9 nitrogen and oxygen atoms in total. The molecule has 0 aromatic carbocycles. The van der Waals surface area contributed by atoms with Crippen LogP contribution >= 0.6 is 0 Å². The summed E-state index contributed by atoms with van der Waals surface area (Å²) in [6.45, 7) is 4.60. The van der Waals surface area contributed by atoms with Gasteiger partial charge in [-0.05, 0) is 12.0 Å². The highest BCUT2D eigenvalue weighted by Gasteiger charge is 2.23. The van der Waals surface area contributed by atoms with Crippen molar-refractivity contribution in [3.05, 3.63) is 36.3 Å². The number of anilines is 1. The maximum atomic E-state index is 13.9. The second-order valence-electron chi connectivity index (χ2n) is 7.77. The Morgan fingerprint density at radius 1 is 1.29 bits per heavy atom. The molecule has 0 spiro atoms. The maximum Gasteiger partial charge on any atom is 0.255 e. The van der Waals surface area contributed by atoms with E-state index in [-0.39, 0.29) is 24.4 Å². The van der Waals surface area contributed by atoms with E-state index in [0.717, 1.165) is 0 Å². The lowest BCUT2D eigenvalue weighted by molar-refractivity contribution is 0.0210. The van der Waals surface area contributed by atoms with E-state index in [1.165, 1.54) is 6.20 Å². The van der Waals surface area contributed by atoms with Gasteiger partial charge in [0.2, 0.25) is 0 Å². The van der Waals surface area contributed by atoms with Crippen molar-refractivity contribution in [2.75, 3.05) is 32.2 Å². The van der Waals surface area contributed by atoms with Gasteiger partial charge in [-0.3, -0.25) is 9.78 Å². The zero-order valence-electron chi connectivity index (χ0n) is 17.6. The van der Waals surface area contributed by atoms with Crippen LogP contribution in [0.15, 0.2) is 30.7 Å². The van der Waals surface area contributed by atoms with E-state index in [2.05, 4.69) is 25.7 Å². The number of fused-ring (bicyclic) bond motifs is 1. The number of imidazole rings is 1. The van der Waals surface area contributed by atoms with E-state index in [1.807, 2.05) is 0 Å². The fraction of sp³-hybridized carbons (Fsp3) is 0.429. The van der Waals surface area contributed by atoms with Crippen molar-refractivity contribution in [1.29, 1.82) is 0 Å². The van der Waals surface area contributed by atoms with Crippen LogP contribution in [0.1, 0.15) is 24.2 Å². The first-order valence-corrected chi connectivity index (χ1v) is 10.1. The molecule has 0 radical (unpaired) electrons. The normalized spacial score (nSPS) is 15.0. The minimum atomic E-state index is -1.12. The van der Waals surface area contributed by atoms with Crippen LogP contribution in [0.4, 0.5) is 10.1 Å². The molecular formula is C21H25FN6O3. The number of alkyl halides is 1. The van der Waals surface area contributed by atoms with Crippen LogP contribution in [0.3, 0.4) is 0 Å². The predicted octanol–water partition coefficient (Wildman–Crippen LogP) is 2.33. The summed E-state index contributed by atoms with van der Waals surface area (Å²) in [6.07, 6.45) is 3.62. The van der Waals surface area contributed by atoms with Crippen LogP contribution < -0.4 is 15.4 Å². The zero-order chi connectivity index (χ0) is 22.0. The fourth-order valence-electron chi connectivity index (χ4n) is 3.10. The smallest absolute Gasteiger partial charge is 0.255 e. The number of ether oxygens (including phenoxy) is 2. The summed E-state index contributed by atoms with van der Waals surface area (Å²) < 4.78 is 26.0. The van der Waals surface area contributed by atoms with E-state index in [1.54, 1.807) is 50.0 Å². The van der Waals surface area contributed by atoms with Crippen molar-refractivity contribution in [2.45, 2.75) is 26.1 Å². The molecule has 4 heterocycles. The SMILES string of the molecule is COc1cnn2c(-c3cc(NC4COC4)c(C(=O)NCC(F)C(C)C)cn3)cnc2c1. The summed E-state index contributed by atoms with van der Waals surface area (Å²) in [7, 11) is 1.57. The number of nitrogens with zero attached hydrogens (tertiary/aromatic N) is 4. The first-order valence-electron chi connectivity index (χ1n) is 10.1. The molecule has 0 saturated carbocycles. The molecule has 1 aliphatic rings. The van der Waals surface area contributed by atoms with Crippen LogP contribution in [0.25, 0.3) is 17.0 Å². The molecule has 0 bridgehead atoms. The number of carbonyl (C=O) groups is 1. The number of carbonyl (C=O) groups excluding carboxylic acids is 1. The molecule has 1 atom stereocenters. The van der Waals surface area contributed by atoms with Gasteiger partial charge in [-0.2, -0.15) is 5.10 Å². The average Bonchev–Trinajstić information content (AvgIpc) is 3.17. The summed E-state index contributed by atoms with van der Waals surface area (Å²) in [5.74, 6) is 0.0439. The quantitative estimate of drug-likeness (QED) is 0.568. The van der Waals surface area contributed by atoms with Crippen LogP contribution in [0, 0.1) is 5.92 Å². The van der Waals surface area contributed by atoms with Gasteiger partial charge in [0, 0.05) is 18.8 Å². The van der Waals surface area contributed by atoms with Crippen molar-refractivity contribution >= 4 is 17.2 Å². The molecule has 3 aromatic heterocycles. The molecule has 0 aliphatic carbocycles. The summed E-state index contributed by atoms with van der Waals surface area (Å²) >= 11 is 0. The summed E-state index contributed by atoms with van der Waals surface area (Å²) in [5.41, 5.74) is 2.81. The highest BCUT2D eigenvalue weighted by molar-refractivity contribution is 6.00. The summed E-state index contributed by atoms with van der Waals surface area (Å²) in [5, 5.41) is 10.3. The van der Waals surface area contributed by atoms with Crippen LogP contribution in [-0.2, 0) is 4.74 Å². The van der Waals surface area contributed by atoms with Gasteiger partial charge in [0.15, 0.2) is 5.65 Å². The topological polar surface area (TPSA) is 103 Å². The van der Waals surface area contributed by atoms with E-state index in [0.29, 0.717) is 47.2 Å². The third kappa shape index (κ3) is 4.43. The number of hydrogen-bond donors (Lipinski definition) is 2. The molecule has 31 heavy (non-hydrogen) atoms. The molecule has 2 N–H and O–H groups in total. The Kier molecular flexibility index (Phi) is 5.99. The van der Waals surface area contributed by atoms with Gasteiger partial charge in [0.25, 0.3) is 5.91 Å². The third-order valence-electron chi connectivity index (χ3n) is 5.16. The standard InChI is InChI=1S/C21H25FN6O3/c1-12(2)16(22)8-25-21(29)15-7-23-18(5-17(15)27-13-10-31-11-13)19-9-24-20-4-14(30-3)6-26-28(19)20/h4-7,9,12-13,16H,8,10-11H2,1-3H3,(H,23,27)(H,25,29). The van der Waals surface area contributed by atoms with Crippen molar-refractivity contribution in [2.24, 2.45) is 5.92 Å². The lowest BCUT2D eigenvalue weighted by atomic mass is 10.1. The highest BCUT2D eigenvalue weighted by Crippen LogP contribution is 2.26. The van der Waals surface area contributed by atoms with E-state index in [4.69, 9.17) is 9.47 Å². The lowest BCUT2D eigenvalue weighted by Gasteiger charge is -2.28. The minimum absolute atomic E-state index is 0.0523. The van der Waals surface area contributed by atoms with Gasteiger partial charge < -0.3 is 20.1 Å². The molecule has 4 rings (SSSR count). The minimum Gasteiger partial charge on any atom is -0.495 e. The summed E-state index contributed by atoms with van der Waals surface area (Å²) in [4.78, 5) is 21.5. The first kappa shape index (κ1) is 21.0. The van der Waals surface area contributed by atoms with Crippen molar-refractivity contribution < 1.29 is 18.7 Å². The largest absolute Gasteiger partial charge is 0.495 e.